The smallest absolute Gasteiger partial charge is 1.00 e. The maximum absolute atomic E-state index is 8.74. The summed E-state index contributed by atoms with van der Waals surface area (Å²) in [5.41, 5.74) is 0. The van der Waals surface area contributed by atoms with Gasteiger partial charge in [-0.1, -0.05) is 0 Å². The van der Waals surface area contributed by atoms with Crippen LogP contribution < -0.4 is 0 Å². The minimum atomic E-state index is -4.67. The molecule has 0 spiro atoms. The first-order chi connectivity index (χ1) is 2.00. The molecule has 0 rings (SSSR count). The van der Waals surface area contributed by atoms with Gasteiger partial charge >= 0.3 is 85.9 Å². The maximum Gasteiger partial charge on any atom is 2.00 e. The normalized spacial score (nSPS) is 7.25. The second-order valence-electron chi connectivity index (χ2n) is 0.448. The van der Waals surface area contributed by atoms with E-state index in [4.69, 9.17) is 17.5 Å². The van der Waals surface area contributed by atoms with Crippen LogP contribution in [0, 0.1) is 0 Å². The number of hydrogen-bond donors (Lipinski definition) is 2. The fourth-order valence-electron chi connectivity index (χ4n) is 0. The quantitative estimate of drug-likeness (QED) is 0.423. The van der Waals surface area contributed by atoms with Gasteiger partial charge in [-0.25, -0.2) is 0 Å². The molecule has 0 bridgehead atoms. The molecule has 48 valence electrons. The van der Waals surface area contributed by atoms with Gasteiger partial charge in [-0.05, 0) is 0 Å². The Labute approximate surface area is 119 Å². The van der Waals surface area contributed by atoms with Crippen molar-refractivity contribution in [1.82, 2.24) is 0 Å². The molecule has 0 radical (unpaired) electrons. The van der Waals surface area contributed by atoms with Crippen molar-refractivity contribution in [3.05, 3.63) is 0 Å². The zero-order chi connectivity index (χ0) is 4.50. The SMILES string of the molecule is Cl.O=S(=O)(O)O.[Ca+2].[Ca+2].[H-].[H-].[H-].[H-]. The van der Waals surface area contributed by atoms with E-state index < -0.39 is 10.4 Å². The molecule has 0 aromatic carbocycles. The van der Waals surface area contributed by atoms with E-state index in [-0.39, 0.29) is 93.6 Å². The van der Waals surface area contributed by atoms with Crippen LogP contribution >= 0.6 is 12.4 Å². The van der Waals surface area contributed by atoms with Gasteiger partial charge in [0.25, 0.3) is 0 Å². The Morgan fingerprint density at radius 2 is 1.12 bits per heavy atom. The van der Waals surface area contributed by atoms with E-state index in [0.29, 0.717) is 0 Å². The third-order valence-corrected chi connectivity index (χ3v) is 0. The van der Waals surface area contributed by atoms with E-state index in [1.54, 1.807) is 0 Å². The van der Waals surface area contributed by atoms with Crippen LogP contribution in [0.4, 0.5) is 0 Å². The Hall–Kier alpha value is 2.68. The first kappa shape index (κ1) is 22.4. The van der Waals surface area contributed by atoms with Crippen LogP contribution in [0.1, 0.15) is 5.71 Å². The average molecular weight is 219 g/mol. The molecular formula is H7Ca2ClO4S. The molecule has 8 heavy (non-hydrogen) atoms. The third kappa shape index (κ3) is 71.3. The van der Waals surface area contributed by atoms with Gasteiger partial charge in [-0.15, -0.1) is 12.4 Å². The summed E-state index contributed by atoms with van der Waals surface area (Å²) in [5, 5.41) is 0. The molecule has 0 unspecified atom stereocenters. The molecule has 0 aromatic rings. The van der Waals surface area contributed by atoms with E-state index in [2.05, 4.69) is 0 Å². The number of rotatable bonds is 0. The second kappa shape index (κ2) is 9.68. The molecule has 8 heteroatoms. The molecule has 0 aliphatic heterocycles. The van der Waals surface area contributed by atoms with Crippen molar-refractivity contribution in [1.29, 1.82) is 0 Å². The van der Waals surface area contributed by atoms with Crippen molar-refractivity contribution in [2.45, 2.75) is 0 Å². The van der Waals surface area contributed by atoms with Gasteiger partial charge in [0.05, 0.1) is 0 Å². The standard InChI is InChI=1S/2Ca.ClH.H2O4S.4H/c;;;1-5(2,3)4;;;;/h;;1H;(H2,1,2,3,4);;;;/q2*+2;;;4*-1. The topological polar surface area (TPSA) is 74.6 Å². The van der Waals surface area contributed by atoms with Crippen molar-refractivity contribution in [2.24, 2.45) is 0 Å². The van der Waals surface area contributed by atoms with Crippen LogP contribution in [0.25, 0.3) is 0 Å². The molecule has 0 fully saturated rings. The molecule has 0 aliphatic carbocycles. The van der Waals surface area contributed by atoms with Gasteiger partial charge in [0.2, 0.25) is 0 Å². The van der Waals surface area contributed by atoms with Gasteiger partial charge in [-0.3, -0.25) is 9.11 Å². The first-order valence-corrected chi connectivity index (χ1v) is 2.10. The van der Waals surface area contributed by atoms with Crippen LogP contribution in [0.5, 0.6) is 0 Å². The zero-order valence-electron chi connectivity index (χ0n) is 7.94. The number of halogens is 1. The summed E-state index contributed by atoms with van der Waals surface area (Å²) in [6, 6.07) is 0. The fourth-order valence-corrected chi connectivity index (χ4v) is 0. The Balaban J connectivity index is -0.00000000381. The number of hydrogen-bond acceptors (Lipinski definition) is 2. The Kier molecular flexibility index (Phi) is 27.1. The predicted octanol–water partition coefficient (Wildman–Crippen LogP) is -0.543. The summed E-state index contributed by atoms with van der Waals surface area (Å²) in [4.78, 5) is 0. The van der Waals surface area contributed by atoms with Crippen molar-refractivity contribution in [3.8, 4) is 0 Å². The predicted molar refractivity (Wildman–Crippen MR) is 37.4 cm³/mol. The molecule has 0 saturated carbocycles. The van der Waals surface area contributed by atoms with E-state index in [0.717, 1.165) is 0 Å². The Morgan fingerprint density at radius 1 is 1.12 bits per heavy atom. The van der Waals surface area contributed by atoms with Gasteiger partial charge in [-0.2, -0.15) is 8.42 Å². The maximum atomic E-state index is 8.74. The molecule has 2 N–H and O–H groups in total. The van der Waals surface area contributed by atoms with E-state index in [9.17, 15) is 0 Å². The van der Waals surface area contributed by atoms with E-state index in [1.807, 2.05) is 0 Å². The largest absolute Gasteiger partial charge is 2.00 e. The van der Waals surface area contributed by atoms with Crippen molar-refractivity contribution >= 4 is 98.3 Å². The van der Waals surface area contributed by atoms with Gasteiger partial charge < -0.3 is 5.71 Å². The summed E-state index contributed by atoms with van der Waals surface area (Å²) in [5.74, 6) is 0. The van der Waals surface area contributed by atoms with Crippen molar-refractivity contribution in [2.75, 3.05) is 0 Å². The first-order valence-electron chi connectivity index (χ1n) is 0.698. The van der Waals surface area contributed by atoms with E-state index in [1.165, 1.54) is 0 Å². The summed E-state index contributed by atoms with van der Waals surface area (Å²) in [7, 11) is -4.67. The zero-order valence-corrected chi connectivity index (χ0v) is 9.99. The van der Waals surface area contributed by atoms with Gasteiger partial charge in [0.1, 0.15) is 0 Å². The minimum Gasteiger partial charge on any atom is -1.00 e. The molecule has 0 aromatic heterocycles. The molecule has 0 amide bonds. The minimum absolute atomic E-state index is 0. The summed E-state index contributed by atoms with van der Waals surface area (Å²) in [6.07, 6.45) is 0. The summed E-state index contributed by atoms with van der Waals surface area (Å²) < 4.78 is 31.6. The average Bonchev–Trinajstić information content (AvgIpc) is 0.722. The molecule has 0 saturated heterocycles. The van der Waals surface area contributed by atoms with Crippen molar-refractivity contribution in [3.63, 3.8) is 0 Å². The molecule has 0 heterocycles. The van der Waals surface area contributed by atoms with Crippen LogP contribution in [-0.4, -0.2) is 93.0 Å². The summed E-state index contributed by atoms with van der Waals surface area (Å²) in [6.45, 7) is 0. The fraction of sp³-hybridized carbons (Fsp3) is 0. The van der Waals surface area contributed by atoms with Gasteiger partial charge in [0.15, 0.2) is 0 Å². The molecule has 0 atom stereocenters. The van der Waals surface area contributed by atoms with Crippen LogP contribution in [0.2, 0.25) is 0 Å². The van der Waals surface area contributed by atoms with Crippen LogP contribution in [0.3, 0.4) is 0 Å². The van der Waals surface area contributed by atoms with Crippen molar-refractivity contribution < 1.29 is 23.2 Å². The van der Waals surface area contributed by atoms with Crippen LogP contribution in [0.15, 0.2) is 0 Å². The second-order valence-corrected chi connectivity index (χ2v) is 1.34. The summed E-state index contributed by atoms with van der Waals surface area (Å²) >= 11 is 0. The molecule has 4 nitrogen and oxygen atoms in total. The van der Waals surface area contributed by atoms with Crippen LogP contribution in [-0.2, 0) is 10.4 Å². The third-order valence-electron chi connectivity index (χ3n) is 0. The van der Waals surface area contributed by atoms with Gasteiger partial charge in [0, 0.05) is 0 Å². The van der Waals surface area contributed by atoms with E-state index >= 15 is 0 Å². The Morgan fingerprint density at radius 3 is 1.12 bits per heavy atom. The molecular weight excluding hydrogens is 212 g/mol. The Bertz CT molecular complexity index is 108. The monoisotopic (exact) mass is 218 g/mol. The molecule has 0 aliphatic rings.